The van der Waals surface area contributed by atoms with Gasteiger partial charge in [0.15, 0.2) is 0 Å². The average molecular weight is 227 g/mol. The summed E-state index contributed by atoms with van der Waals surface area (Å²) in [7, 11) is 0. The highest BCUT2D eigenvalue weighted by atomic mass is 16.5. The maximum atomic E-state index is 5.85. The highest BCUT2D eigenvalue weighted by Crippen LogP contribution is 2.29. The molecule has 0 amide bonds. The van der Waals surface area contributed by atoms with Crippen LogP contribution >= 0.6 is 0 Å². The lowest BCUT2D eigenvalue weighted by Gasteiger charge is -2.25. The van der Waals surface area contributed by atoms with Crippen molar-refractivity contribution in [3.8, 4) is 0 Å². The number of nitrogens with one attached hydrogen (secondary N) is 1. The Morgan fingerprint density at radius 1 is 1.12 bits per heavy atom. The second kappa shape index (κ2) is 4.47. The van der Waals surface area contributed by atoms with Crippen molar-refractivity contribution in [2.24, 2.45) is 0 Å². The molecule has 1 aliphatic heterocycles. The highest BCUT2D eigenvalue weighted by Gasteiger charge is 2.17. The topological polar surface area (TPSA) is 21.3 Å². The van der Waals surface area contributed by atoms with Crippen LogP contribution in [0.15, 0.2) is 36.4 Å². The van der Waals surface area contributed by atoms with Crippen LogP contribution in [-0.2, 0) is 4.74 Å². The van der Waals surface area contributed by atoms with Crippen LogP contribution in [0.2, 0.25) is 0 Å². The molecule has 1 atom stereocenters. The predicted molar refractivity (Wildman–Crippen MR) is 70.2 cm³/mol. The summed E-state index contributed by atoms with van der Waals surface area (Å²) >= 11 is 0. The van der Waals surface area contributed by atoms with Gasteiger partial charge in [0.1, 0.15) is 0 Å². The number of benzene rings is 2. The number of aryl methyl sites for hydroxylation is 1. The molecule has 1 unspecified atom stereocenters. The Morgan fingerprint density at radius 2 is 1.94 bits per heavy atom. The van der Waals surface area contributed by atoms with E-state index in [-0.39, 0.29) is 6.10 Å². The third-order valence-electron chi connectivity index (χ3n) is 3.45. The fraction of sp³-hybridized carbons (Fsp3) is 0.333. The van der Waals surface area contributed by atoms with Gasteiger partial charge in [-0.1, -0.05) is 36.4 Å². The number of morpholine rings is 1. The minimum absolute atomic E-state index is 0.189. The van der Waals surface area contributed by atoms with E-state index >= 15 is 0 Å². The fourth-order valence-electron chi connectivity index (χ4n) is 2.52. The molecule has 2 aromatic rings. The largest absolute Gasteiger partial charge is 0.371 e. The van der Waals surface area contributed by atoms with E-state index in [1.807, 2.05) is 0 Å². The minimum Gasteiger partial charge on any atom is -0.371 e. The van der Waals surface area contributed by atoms with Gasteiger partial charge in [0, 0.05) is 13.1 Å². The van der Waals surface area contributed by atoms with Crippen molar-refractivity contribution >= 4 is 10.8 Å². The third-order valence-corrected chi connectivity index (χ3v) is 3.45. The molecule has 2 aromatic carbocycles. The van der Waals surface area contributed by atoms with Crippen LogP contribution in [0.3, 0.4) is 0 Å². The third kappa shape index (κ3) is 1.94. The normalized spacial score (nSPS) is 20.6. The molecule has 1 saturated heterocycles. The quantitative estimate of drug-likeness (QED) is 0.809. The van der Waals surface area contributed by atoms with E-state index in [1.54, 1.807) is 0 Å². The van der Waals surface area contributed by atoms with E-state index in [0.717, 1.165) is 19.7 Å². The molecule has 1 heterocycles. The van der Waals surface area contributed by atoms with E-state index in [4.69, 9.17) is 4.74 Å². The molecule has 17 heavy (non-hydrogen) atoms. The Hall–Kier alpha value is -1.38. The first kappa shape index (κ1) is 10.8. The van der Waals surface area contributed by atoms with Crippen LogP contribution in [0, 0.1) is 6.92 Å². The highest BCUT2D eigenvalue weighted by molar-refractivity contribution is 5.88. The average Bonchev–Trinajstić information content (AvgIpc) is 2.41. The van der Waals surface area contributed by atoms with Gasteiger partial charge in [0.2, 0.25) is 0 Å². The number of fused-ring (bicyclic) bond motifs is 1. The van der Waals surface area contributed by atoms with Crippen LogP contribution in [0.4, 0.5) is 0 Å². The fourth-order valence-corrected chi connectivity index (χ4v) is 2.52. The summed E-state index contributed by atoms with van der Waals surface area (Å²) in [6.45, 7) is 4.83. The summed E-state index contributed by atoms with van der Waals surface area (Å²) in [4.78, 5) is 0. The second-order valence-corrected chi connectivity index (χ2v) is 4.58. The Kier molecular flexibility index (Phi) is 2.83. The van der Waals surface area contributed by atoms with Gasteiger partial charge in [-0.2, -0.15) is 0 Å². The molecule has 88 valence electrons. The van der Waals surface area contributed by atoms with E-state index < -0.39 is 0 Å². The summed E-state index contributed by atoms with van der Waals surface area (Å²) in [5.74, 6) is 0. The van der Waals surface area contributed by atoms with Gasteiger partial charge in [-0.25, -0.2) is 0 Å². The van der Waals surface area contributed by atoms with Crippen molar-refractivity contribution < 1.29 is 4.74 Å². The number of ether oxygens (including phenoxy) is 1. The van der Waals surface area contributed by atoms with Crippen molar-refractivity contribution in [3.63, 3.8) is 0 Å². The summed E-state index contributed by atoms with van der Waals surface area (Å²) in [5.41, 5.74) is 2.63. The maximum absolute atomic E-state index is 5.85. The molecular weight excluding hydrogens is 210 g/mol. The minimum atomic E-state index is 0.189. The van der Waals surface area contributed by atoms with E-state index in [0.29, 0.717) is 0 Å². The lowest BCUT2D eigenvalue weighted by Crippen LogP contribution is -2.33. The summed E-state index contributed by atoms with van der Waals surface area (Å²) in [6, 6.07) is 13.0. The molecular formula is C15H17NO. The van der Waals surface area contributed by atoms with Crippen molar-refractivity contribution in [1.82, 2.24) is 5.32 Å². The zero-order valence-electron chi connectivity index (χ0n) is 10.1. The van der Waals surface area contributed by atoms with Gasteiger partial charge in [0.25, 0.3) is 0 Å². The number of rotatable bonds is 1. The Labute approximate surface area is 102 Å². The van der Waals surface area contributed by atoms with E-state index in [1.165, 1.54) is 21.9 Å². The zero-order chi connectivity index (χ0) is 11.7. The van der Waals surface area contributed by atoms with Crippen LogP contribution in [0.25, 0.3) is 10.8 Å². The number of hydrogen-bond donors (Lipinski definition) is 1. The van der Waals surface area contributed by atoms with Crippen molar-refractivity contribution in [2.75, 3.05) is 19.7 Å². The summed E-state index contributed by atoms with van der Waals surface area (Å²) in [5, 5.41) is 6.04. The lowest BCUT2D eigenvalue weighted by atomic mass is 9.96. The molecule has 0 aromatic heterocycles. The lowest BCUT2D eigenvalue weighted by molar-refractivity contribution is 0.0286. The number of hydrogen-bond acceptors (Lipinski definition) is 2. The molecule has 0 radical (unpaired) electrons. The van der Waals surface area contributed by atoms with E-state index in [2.05, 4.69) is 48.6 Å². The molecule has 2 heteroatoms. The van der Waals surface area contributed by atoms with Gasteiger partial charge >= 0.3 is 0 Å². The molecule has 1 N–H and O–H groups in total. The second-order valence-electron chi connectivity index (χ2n) is 4.58. The summed E-state index contributed by atoms with van der Waals surface area (Å²) < 4.78 is 5.85. The first-order valence-corrected chi connectivity index (χ1v) is 6.17. The smallest absolute Gasteiger partial charge is 0.0955 e. The predicted octanol–water partition coefficient (Wildman–Crippen LogP) is 2.81. The summed E-state index contributed by atoms with van der Waals surface area (Å²) in [6.07, 6.45) is 0.189. The SMILES string of the molecule is Cc1ccc(C2CNCCO2)c2ccccc12. The van der Waals surface area contributed by atoms with Crippen LogP contribution < -0.4 is 5.32 Å². The molecule has 0 bridgehead atoms. The molecule has 0 saturated carbocycles. The zero-order valence-corrected chi connectivity index (χ0v) is 10.1. The van der Waals surface area contributed by atoms with Crippen molar-refractivity contribution in [3.05, 3.63) is 47.5 Å². The standard InChI is InChI=1S/C15H17NO/c1-11-6-7-14(15-10-16-8-9-17-15)13-5-3-2-4-12(11)13/h2-7,15-16H,8-10H2,1H3. The monoisotopic (exact) mass is 227 g/mol. The molecule has 3 rings (SSSR count). The van der Waals surface area contributed by atoms with Gasteiger partial charge in [-0.3, -0.25) is 0 Å². The Morgan fingerprint density at radius 3 is 2.71 bits per heavy atom. The first-order chi connectivity index (χ1) is 8.36. The first-order valence-electron chi connectivity index (χ1n) is 6.17. The van der Waals surface area contributed by atoms with Crippen LogP contribution in [0.1, 0.15) is 17.2 Å². The van der Waals surface area contributed by atoms with Gasteiger partial charge in [-0.15, -0.1) is 0 Å². The van der Waals surface area contributed by atoms with Gasteiger partial charge in [0.05, 0.1) is 12.7 Å². The molecule has 1 aliphatic rings. The molecule has 0 spiro atoms. The van der Waals surface area contributed by atoms with Gasteiger partial charge < -0.3 is 10.1 Å². The molecule has 0 aliphatic carbocycles. The Bertz CT molecular complexity index is 529. The van der Waals surface area contributed by atoms with Crippen molar-refractivity contribution in [2.45, 2.75) is 13.0 Å². The molecule has 1 fully saturated rings. The van der Waals surface area contributed by atoms with Crippen molar-refractivity contribution in [1.29, 1.82) is 0 Å². The van der Waals surface area contributed by atoms with Crippen LogP contribution in [-0.4, -0.2) is 19.7 Å². The van der Waals surface area contributed by atoms with Crippen LogP contribution in [0.5, 0.6) is 0 Å². The van der Waals surface area contributed by atoms with E-state index in [9.17, 15) is 0 Å². The maximum Gasteiger partial charge on any atom is 0.0955 e. The molecule has 2 nitrogen and oxygen atoms in total. The van der Waals surface area contributed by atoms with Gasteiger partial charge in [-0.05, 0) is 28.8 Å². The Balaban J connectivity index is 2.12.